The molecule has 2 aromatic rings. The van der Waals surface area contributed by atoms with E-state index in [2.05, 4.69) is 30.6 Å². The number of anilines is 1. The molecule has 0 spiro atoms. The first-order valence-corrected chi connectivity index (χ1v) is 7.81. The number of pyridine rings is 1. The molecule has 0 atom stereocenters. The molecule has 0 bridgehead atoms. The standard InChI is InChI=1S/C9H8BrN3O3S2/c1-5-8(17-9(14)12-5)18(15,16)13-7-2-3-11-4-6(7)10/h2-4H,1H3,(H,11,13)(H,12,14). The molecule has 18 heavy (non-hydrogen) atoms. The minimum absolute atomic E-state index is 0.0174. The van der Waals surface area contributed by atoms with E-state index in [1.807, 2.05) is 0 Å². The maximum atomic E-state index is 12.1. The van der Waals surface area contributed by atoms with Crippen molar-refractivity contribution in [1.29, 1.82) is 0 Å². The van der Waals surface area contributed by atoms with Gasteiger partial charge in [-0.15, -0.1) is 0 Å². The van der Waals surface area contributed by atoms with Gasteiger partial charge in [0.15, 0.2) is 4.21 Å². The van der Waals surface area contributed by atoms with Crippen molar-refractivity contribution in [2.24, 2.45) is 0 Å². The molecule has 6 nitrogen and oxygen atoms in total. The van der Waals surface area contributed by atoms with Crippen molar-refractivity contribution in [2.75, 3.05) is 4.72 Å². The monoisotopic (exact) mass is 349 g/mol. The van der Waals surface area contributed by atoms with E-state index in [9.17, 15) is 13.2 Å². The Labute approximate surface area is 115 Å². The number of hydrogen-bond acceptors (Lipinski definition) is 5. The van der Waals surface area contributed by atoms with Crippen LogP contribution in [0.1, 0.15) is 5.69 Å². The molecule has 9 heteroatoms. The minimum Gasteiger partial charge on any atom is -0.315 e. The number of rotatable bonds is 3. The second-order valence-corrected chi connectivity index (χ2v) is 7.10. The third-order valence-electron chi connectivity index (χ3n) is 2.04. The zero-order chi connectivity index (χ0) is 13.3. The lowest BCUT2D eigenvalue weighted by Crippen LogP contribution is -2.13. The molecule has 0 aliphatic rings. The van der Waals surface area contributed by atoms with Crippen molar-refractivity contribution in [3.8, 4) is 0 Å². The highest BCUT2D eigenvalue weighted by atomic mass is 79.9. The largest absolute Gasteiger partial charge is 0.315 e. The SMILES string of the molecule is Cc1[nH]c(=O)sc1S(=O)(=O)Nc1ccncc1Br. The van der Waals surface area contributed by atoms with Crippen molar-refractivity contribution in [1.82, 2.24) is 9.97 Å². The molecule has 96 valence electrons. The Balaban J connectivity index is 2.43. The average molecular weight is 350 g/mol. The Morgan fingerprint density at radius 2 is 2.22 bits per heavy atom. The van der Waals surface area contributed by atoms with Crippen molar-refractivity contribution < 1.29 is 8.42 Å². The van der Waals surface area contributed by atoms with Crippen LogP contribution in [0.2, 0.25) is 0 Å². The van der Waals surface area contributed by atoms with Crippen LogP contribution in [-0.4, -0.2) is 18.4 Å². The van der Waals surface area contributed by atoms with Crippen molar-refractivity contribution in [3.05, 3.63) is 38.3 Å². The van der Waals surface area contributed by atoms with Gasteiger partial charge >= 0.3 is 4.87 Å². The fourth-order valence-corrected chi connectivity index (χ4v) is 4.16. The number of halogens is 1. The summed E-state index contributed by atoms with van der Waals surface area (Å²) in [6, 6.07) is 1.52. The topological polar surface area (TPSA) is 91.9 Å². The van der Waals surface area contributed by atoms with Crippen LogP contribution in [0.4, 0.5) is 5.69 Å². The summed E-state index contributed by atoms with van der Waals surface area (Å²) >= 11 is 3.84. The number of H-pyrrole nitrogens is 1. The normalized spacial score (nSPS) is 11.4. The molecule has 2 N–H and O–H groups in total. The maximum Gasteiger partial charge on any atom is 0.306 e. The molecule has 0 amide bonds. The van der Waals surface area contributed by atoms with Crippen LogP contribution in [0.5, 0.6) is 0 Å². The predicted octanol–water partition coefficient (Wildman–Crippen LogP) is 1.70. The smallest absolute Gasteiger partial charge is 0.306 e. The van der Waals surface area contributed by atoms with Gasteiger partial charge in [0.1, 0.15) is 0 Å². The first kappa shape index (κ1) is 13.2. The number of nitrogens with one attached hydrogen (secondary N) is 2. The number of thiazole rings is 1. The molecule has 0 unspecified atom stereocenters. The Kier molecular flexibility index (Phi) is 3.55. The van der Waals surface area contributed by atoms with Gasteiger partial charge < -0.3 is 4.98 Å². The molecule has 0 radical (unpaired) electrons. The van der Waals surface area contributed by atoms with E-state index in [1.54, 1.807) is 0 Å². The van der Waals surface area contributed by atoms with E-state index in [1.165, 1.54) is 25.4 Å². The number of nitrogens with zero attached hydrogens (tertiary/aromatic N) is 1. The predicted molar refractivity (Wildman–Crippen MR) is 72.4 cm³/mol. The van der Waals surface area contributed by atoms with Crippen LogP contribution < -0.4 is 9.60 Å². The number of aryl methyl sites for hydroxylation is 1. The number of hydrogen-bond donors (Lipinski definition) is 2. The van der Waals surface area contributed by atoms with Gasteiger partial charge in [0.05, 0.1) is 10.2 Å². The van der Waals surface area contributed by atoms with Crippen molar-refractivity contribution in [2.45, 2.75) is 11.1 Å². The number of aromatic nitrogens is 2. The number of sulfonamides is 1. The molecule has 0 aliphatic carbocycles. The fraction of sp³-hybridized carbons (Fsp3) is 0.111. The quantitative estimate of drug-likeness (QED) is 0.881. The average Bonchev–Trinajstić information content (AvgIpc) is 2.62. The highest BCUT2D eigenvalue weighted by Crippen LogP contribution is 2.25. The summed E-state index contributed by atoms with van der Waals surface area (Å²) < 4.78 is 27.1. The Morgan fingerprint density at radius 1 is 1.50 bits per heavy atom. The molecular weight excluding hydrogens is 342 g/mol. The third kappa shape index (κ3) is 2.62. The third-order valence-corrected chi connectivity index (χ3v) is 5.64. The highest BCUT2D eigenvalue weighted by Gasteiger charge is 2.21. The summed E-state index contributed by atoms with van der Waals surface area (Å²) in [5.74, 6) is 0. The van der Waals surface area contributed by atoms with Gasteiger partial charge in [-0.25, -0.2) is 8.42 Å². The molecule has 2 aromatic heterocycles. The van der Waals surface area contributed by atoms with E-state index >= 15 is 0 Å². The zero-order valence-electron chi connectivity index (χ0n) is 9.10. The van der Waals surface area contributed by atoms with Crippen LogP contribution in [-0.2, 0) is 10.0 Å². The van der Waals surface area contributed by atoms with Crippen molar-refractivity contribution >= 4 is 43.0 Å². The molecule has 2 heterocycles. The number of aromatic amines is 1. The van der Waals surface area contributed by atoms with Crippen LogP contribution in [0, 0.1) is 6.92 Å². The van der Waals surface area contributed by atoms with Gasteiger partial charge in [0.2, 0.25) is 0 Å². The zero-order valence-corrected chi connectivity index (χ0v) is 12.3. The molecule has 0 saturated carbocycles. The summed E-state index contributed by atoms with van der Waals surface area (Å²) in [6.45, 7) is 1.54. The Bertz CT molecular complexity index is 736. The molecular formula is C9H8BrN3O3S2. The highest BCUT2D eigenvalue weighted by molar-refractivity contribution is 9.10. The van der Waals surface area contributed by atoms with Crippen molar-refractivity contribution in [3.63, 3.8) is 0 Å². The molecule has 2 rings (SSSR count). The molecule has 0 fully saturated rings. The van der Waals surface area contributed by atoms with Gasteiger partial charge in [-0.05, 0) is 28.9 Å². The van der Waals surface area contributed by atoms with Crippen LogP contribution in [0.3, 0.4) is 0 Å². The Hall–Kier alpha value is -1.19. The fourth-order valence-electron chi connectivity index (χ4n) is 1.30. The summed E-state index contributed by atoms with van der Waals surface area (Å²) in [5, 5.41) is 0. The van der Waals surface area contributed by atoms with Gasteiger partial charge in [0, 0.05) is 18.1 Å². The van der Waals surface area contributed by atoms with Crippen LogP contribution >= 0.6 is 27.3 Å². The molecule has 0 aliphatic heterocycles. The summed E-state index contributed by atoms with van der Waals surface area (Å²) in [5.41, 5.74) is 0.688. The second-order valence-electron chi connectivity index (χ2n) is 3.39. The van der Waals surface area contributed by atoms with Gasteiger partial charge in [-0.2, -0.15) is 0 Å². The molecule has 0 saturated heterocycles. The van der Waals surface area contributed by atoms with Crippen LogP contribution in [0.25, 0.3) is 0 Å². The molecule has 0 aromatic carbocycles. The second kappa shape index (κ2) is 4.82. The summed E-state index contributed by atoms with van der Waals surface area (Å²) in [7, 11) is -3.77. The Morgan fingerprint density at radius 3 is 2.78 bits per heavy atom. The van der Waals surface area contributed by atoms with Gasteiger partial charge in [-0.3, -0.25) is 14.5 Å². The van der Waals surface area contributed by atoms with Crippen LogP contribution in [0.15, 0.2) is 31.9 Å². The van der Waals surface area contributed by atoms with Gasteiger partial charge in [-0.1, -0.05) is 11.3 Å². The van der Waals surface area contributed by atoms with E-state index in [0.717, 1.165) is 0 Å². The van der Waals surface area contributed by atoms with E-state index in [4.69, 9.17) is 0 Å². The van der Waals surface area contributed by atoms with E-state index in [-0.39, 0.29) is 4.21 Å². The first-order chi connectivity index (χ1) is 8.40. The lowest BCUT2D eigenvalue weighted by molar-refractivity contribution is 0.602. The van der Waals surface area contributed by atoms with Gasteiger partial charge in [0.25, 0.3) is 10.0 Å². The maximum absolute atomic E-state index is 12.1. The lowest BCUT2D eigenvalue weighted by atomic mass is 10.4. The van der Waals surface area contributed by atoms with E-state index < -0.39 is 14.9 Å². The minimum atomic E-state index is -3.77. The lowest BCUT2D eigenvalue weighted by Gasteiger charge is -2.07. The summed E-state index contributed by atoms with van der Waals surface area (Å²) in [6.07, 6.45) is 2.94. The first-order valence-electron chi connectivity index (χ1n) is 4.72. The summed E-state index contributed by atoms with van der Waals surface area (Å²) in [4.78, 5) is 17.0. The van der Waals surface area contributed by atoms with E-state index in [0.29, 0.717) is 27.2 Å².